The van der Waals surface area contributed by atoms with Gasteiger partial charge in [0.2, 0.25) is 11.8 Å². The molecule has 1 aromatic heterocycles. The number of aromatic nitrogens is 1. The highest BCUT2D eigenvalue weighted by atomic mass is 16.4. The van der Waals surface area contributed by atoms with Gasteiger partial charge in [0.05, 0.1) is 12.7 Å². The summed E-state index contributed by atoms with van der Waals surface area (Å²) in [6.45, 7) is 2.43. The van der Waals surface area contributed by atoms with Gasteiger partial charge < -0.3 is 15.5 Å². The van der Waals surface area contributed by atoms with Crippen LogP contribution in [-0.2, 0) is 11.3 Å². The number of carbonyl (C=O) groups excluding carboxylic acids is 1. The molecule has 19 heavy (non-hydrogen) atoms. The van der Waals surface area contributed by atoms with Gasteiger partial charge in [-0.3, -0.25) is 4.79 Å². The molecule has 0 saturated heterocycles. The maximum atomic E-state index is 11.2. The van der Waals surface area contributed by atoms with Gasteiger partial charge in [-0.15, -0.1) is 0 Å². The van der Waals surface area contributed by atoms with Crippen molar-refractivity contribution in [3.8, 4) is 0 Å². The van der Waals surface area contributed by atoms with Gasteiger partial charge in [0.25, 0.3) is 0 Å². The third-order valence-electron chi connectivity index (χ3n) is 3.82. The molecule has 1 heterocycles. The lowest BCUT2D eigenvalue weighted by Crippen LogP contribution is -2.40. The average molecular weight is 265 g/mol. The lowest BCUT2D eigenvalue weighted by atomic mass is 9.82. The summed E-state index contributed by atoms with van der Waals surface area (Å²) in [7, 11) is 0. The van der Waals surface area contributed by atoms with E-state index in [1.807, 2.05) is 6.92 Å². The molecule has 106 valence electrons. The largest absolute Gasteiger partial charge is 0.445 e. The molecule has 0 bridgehead atoms. The summed E-state index contributed by atoms with van der Waals surface area (Å²) in [6.07, 6.45) is 8.26. The summed E-state index contributed by atoms with van der Waals surface area (Å²) in [5.74, 6) is 1.77. The van der Waals surface area contributed by atoms with Crippen LogP contribution in [0.15, 0.2) is 10.6 Å². The van der Waals surface area contributed by atoms with Gasteiger partial charge in [0.1, 0.15) is 5.76 Å². The maximum absolute atomic E-state index is 11.2. The Morgan fingerprint density at radius 2 is 2.26 bits per heavy atom. The number of nitrogens with one attached hydrogen (secondary N) is 1. The molecule has 1 atom stereocenters. The average Bonchev–Trinajstić information content (AvgIpc) is 2.81. The highest BCUT2D eigenvalue weighted by molar-refractivity contribution is 5.74. The molecule has 0 aliphatic heterocycles. The van der Waals surface area contributed by atoms with E-state index in [9.17, 15) is 4.79 Å². The smallest absolute Gasteiger partial charge is 0.218 e. The first kappa shape index (κ1) is 14.1. The number of carbonyl (C=O) groups is 1. The Kier molecular flexibility index (Phi) is 4.96. The number of rotatable bonds is 6. The molecule has 0 spiro atoms. The number of nitrogens with zero attached hydrogens (tertiary/aromatic N) is 1. The predicted octanol–water partition coefficient (Wildman–Crippen LogP) is 1.90. The minimum Gasteiger partial charge on any atom is -0.445 e. The Morgan fingerprint density at radius 3 is 2.84 bits per heavy atom. The molecule has 3 N–H and O–H groups in total. The number of nitrogens with two attached hydrogens (primary N) is 1. The van der Waals surface area contributed by atoms with Crippen LogP contribution in [0.4, 0.5) is 0 Å². The molecule has 5 nitrogen and oxygen atoms in total. The summed E-state index contributed by atoms with van der Waals surface area (Å²) in [6, 6.07) is 0.144. The molecule has 5 heteroatoms. The summed E-state index contributed by atoms with van der Waals surface area (Å²) in [5.41, 5.74) is 5.36. The fourth-order valence-electron chi connectivity index (χ4n) is 2.86. The van der Waals surface area contributed by atoms with E-state index < -0.39 is 0 Å². The van der Waals surface area contributed by atoms with E-state index in [0.29, 0.717) is 24.8 Å². The van der Waals surface area contributed by atoms with Crippen molar-refractivity contribution >= 4 is 5.91 Å². The monoisotopic (exact) mass is 265 g/mol. The molecule has 0 radical (unpaired) electrons. The van der Waals surface area contributed by atoms with E-state index in [-0.39, 0.29) is 11.9 Å². The van der Waals surface area contributed by atoms with Gasteiger partial charge in [-0.1, -0.05) is 19.3 Å². The van der Waals surface area contributed by atoms with Crippen molar-refractivity contribution in [2.45, 2.75) is 58.0 Å². The van der Waals surface area contributed by atoms with Gasteiger partial charge in [0, 0.05) is 12.5 Å². The van der Waals surface area contributed by atoms with E-state index in [4.69, 9.17) is 10.2 Å². The zero-order valence-electron chi connectivity index (χ0n) is 11.5. The SMILES string of the molecule is Cc1cnc(CNC(CC(N)=O)C2CCCCC2)o1. The highest BCUT2D eigenvalue weighted by Gasteiger charge is 2.25. The van der Waals surface area contributed by atoms with Gasteiger partial charge >= 0.3 is 0 Å². The first-order chi connectivity index (χ1) is 9.15. The fraction of sp³-hybridized carbons (Fsp3) is 0.714. The molecule has 2 rings (SSSR count). The van der Waals surface area contributed by atoms with E-state index in [2.05, 4.69) is 10.3 Å². The molecule has 1 fully saturated rings. The third-order valence-corrected chi connectivity index (χ3v) is 3.82. The predicted molar refractivity (Wildman–Crippen MR) is 72.3 cm³/mol. The molecular weight excluding hydrogens is 242 g/mol. The second-order valence-electron chi connectivity index (χ2n) is 5.42. The molecule has 1 aromatic rings. The Hall–Kier alpha value is -1.36. The summed E-state index contributed by atoms with van der Waals surface area (Å²) in [4.78, 5) is 15.4. The minimum atomic E-state index is -0.244. The molecule has 1 aliphatic rings. The maximum Gasteiger partial charge on any atom is 0.218 e. The van der Waals surface area contributed by atoms with E-state index in [0.717, 1.165) is 5.76 Å². The second kappa shape index (κ2) is 6.70. The van der Waals surface area contributed by atoms with Gasteiger partial charge in [-0.2, -0.15) is 0 Å². The van der Waals surface area contributed by atoms with Crippen LogP contribution in [0, 0.1) is 12.8 Å². The van der Waals surface area contributed by atoms with Crippen LogP contribution in [0.1, 0.15) is 50.2 Å². The van der Waals surface area contributed by atoms with Crippen molar-refractivity contribution in [3.05, 3.63) is 17.8 Å². The minimum absolute atomic E-state index is 0.144. The molecule has 1 unspecified atom stereocenters. The number of primary amides is 1. The van der Waals surface area contributed by atoms with Crippen LogP contribution >= 0.6 is 0 Å². The number of amides is 1. The zero-order valence-corrected chi connectivity index (χ0v) is 11.5. The van der Waals surface area contributed by atoms with E-state index in [1.165, 1.54) is 32.1 Å². The lowest BCUT2D eigenvalue weighted by Gasteiger charge is -2.30. The van der Waals surface area contributed by atoms with Crippen molar-refractivity contribution < 1.29 is 9.21 Å². The molecular formula is C14H23N3O2. The summed E-state index contributed by atoms with van der Waals surface area (Å²) < 4.78 is 5.44. The Balaban J connectivity index is 1.90. The second-order valence-corrected chi connectivity index (χ2v) is 5.42. The fourth-order valence-corrected chi connectivity index (χ4v) is 2.86. The van der Waals surface area contributed by atoms with Crippen LogP contribution in [0.3, 0.4) is 0 Å². The lowest BCUT2D eigenvalue weighted by molar-refractivity contribution is -0.118. The first-order valence-electron chi connectivity index (χ1n) is 7.08. The normalized spacial score (nSPS) is 18.4. The number of oxazole rings is 1. The zero-order chi connectivity index (χ0) is 13.7. The summed E-state index contributed by atoms with van der Waals surface area (Å²) in [5, 5.41) is 3.39. The van der Waals surface area contributed by atoms with Crippen LogP contribution in [0.25, 0.3) is 0 Å². The van der Waals surface area contributed by atoms with Crippen molar-refractivity contribution in [3.63, 3.8) is 0 Å². The topological polar surface area (TPSA) is 81.1 Å². The molecule has 1 amide bonds. The number of hydrogen-bond acceptors (Lipinski definition) is 4. The standard InChI is InChI=1S/C14H23N3O2/c1-10-8-17-14(19-10)9-16-12(7-13(15)18)11-5-3-2-4-6-11/h8,11-12,16H,2-7,9H2,1H3,(H2,15,18). The Bertz CT molecular complexity index is 411. The Labute approximate surface area is 114 Å². The van der Waals surface area contributed by atoms with Crippen LogP contribution in [0.5, 0.6) is 0 Å². The van der Waals surface area contributed by atoms with Crippen LogP contribution in [-0.4, -0.2) is 16.9 Å². The quantitative estimate of drug-likeness (QED) is 0.823. The molecule has 0 aromatic carbocycles. The van der Waals surface area contributed by atoms with Gasteiger partial charge in [0.15, 0.2) is 0 Å². The van der Waals surface area contributed by atoms with Crippen LogP contribution in [0.2, 0.25) is 0 Å². The van der Waals surface area contributed by atoms with Crippen molar-refractivity contribution in [2.75, 3.05) is 0 Å². The number of aryl methyl sites for hydroxylation is 1. The number of hydrogen-bond donors (Lipinski definition) is 2. The van der Waals surface area contributed by atoms with E-state index in [1.54, 1.807) is 6.20 Å². The molecule has 1 saturated carbocycles. The van der Waals surface area contributed by atoms with Crippen molar-refractivity contribution in [2.24, 2.45) is 11.7 Å². The van der Waals surface area contributed by atoms with Crippen LogP contribution < -0.4 is 11.1 Å². The highest BCUT2D eigenvalue weighted by Crippen LogP contribution is 2.27. The first-order valence-corrected chi connectivity index (χ1v) is 7.08. The molecule has 1 aliphatic carbocycles. The third kappa shape index (κ3) is 4.35. The van der Waals surface area contributed by atoms with Crippen molar-refractivity contribution in [1.82, 2.24) is 10.3 Å². The Morgan fingerprint density at radius 1 is 1.53 bits per heavy atom. The van der Waals surface area contributed by atoms with Gasteiger partial charge in [-0.05, 0) is 25.7 Å². The van der Waals surface area contributed by atoms with E-state index >= 15 is 0 Å². The summed E-state index contributed by atoms with van der Waals surface area (Å²) >= 11 is 0. The van der Waals surface area contributed by atoms with Crippen molar-refractivity contribution in [1.29, 1.82) is 0 Å². The van der Waals surface area contributed by atoms with Gasteiger partial charge in [-0.25, -0.2) is 4.98 Å².